The van der Waals surface area contributed by atoms with Gasteiger partial charge in [0.15, 0.2) is 11.5 Å². The molecule has 37 heavy (non-hydrogen) atoms. The van der Waals surface area contributed by atoms with E-state index in [1.54, 1.807) is 24.3 Å². The number of hydrogen-bond acceptors (Lipinski definition) is 7. The number of nitrogens with one attached hydrogen (secondary N) is 1. The zero-order chi connectivity index (χ0) is 26.2. The summed E-state index contributed by atoms with van der Waals surface area (Å²) < 4.78 is 21.7. The Morgan fingerprint density at radius 1 is 0.865 bits per heavy atom. The number of carbonyl (C=O) groups is 2. The summed E-state index contributed by atoms with van der Waals surface area (Å²) in [6.45, 7) is 1.67. The van der Waals surface area contributed by atoms with Crippen LogP contribution in [0.1, 0.15) is 28.4 Å². The van der Waals surface area contributed by atoms with Gasteiger partial charge in [0.2, 0.25) is 5.75 Å². The molecule has 8 heteroatoms. The maximum Gasteiger partial charge on any atom is 0.308 e. The van der Waals surface area contributed by atoms with Gasteiger partial charge in [-0.05, 0) is 52.7 Å². The summed E-state index contributed by atoms with van der Waals surface area (Å²) in [5.41, 5.74) is 4.45. The van der Waals surface area contributed by atoms with Gasteiger partial charge in [0, 0.05) is 18.1 Å². The molecule has 0 aliphatic carbocycles. The van der Waals surface area contributed by atoms with E-state index in [2.05, 4.69) is 16.6 Å². The Morgan fingerprint density at radius 3 is 2.19 bits per heavy atom. The van der Waals surface area contributed by atoms with E-state index < -0.39 is 5.97 Å². The summed E-state index contributed by atoms with van der Waals surface area (Å²) in [6, 6.07) is 24.4. The molecule has 0 heterocycles. The van der Waals surface area contributed by atoms with Crippen molar-refractivity contribution in [1.82, 2.24) is 5.43 Å². The maximum atomic E-state index is 12.5. The summed E-state index contributed by atoms with van der Waals surface area (Å²) in [6.07, 6.45) is 1.44. The van der Waals surface area contributed by atoms with E-state index in [1.807, 2.05) is 48.5 Å². The molecule has 0 fully saturated rings. The lowest BCUT2D eigenvalue weighted by Gasteiger charge is -2.13. The molecule has 1 amide bonds. The van der Waals surface area contributed by atoms with Gasteiger partial charge in [-0.25, -0.2) is 5.43 Å². The van der Waals surface area contributed by atoms with Crippen LogP contribution in [-0.4, -0.2) is 32.3 Å². The Morgan fingerprint density at radius 2 is 1.54 bits per heavy atom. The van der Waals surface area contributed by atoms with Crippen LogP contribution in [0.4, 0.5) is 0 Å². The van der Waals surface area contributed by atoms with Gasteiger partial charge in [-0.1, -0.05) is 42.5 Å². The number of ether oxygens (including phenoxy) is 4. The smallest absolute Gasteiger partial charge is 0.308 e. The molecule has 0 unspecified atom stereocenters. The van der Waals surface area contributed by atoms with Crippen molar-refractivity contribution in [2.45, 2.75) is 13.5 Å². The second-order valence-corrected chi connectivity index (χ2v) is 8.04. The van der Waals surface area contributed by atoms with E-state index >= 15 is 0 Å². The van der Waals surface area contributed by atoms with Gasteiger partial charge in [0.1, 0.15) is 12.4 Å². The molecule has 0 spiro atoms. The fourth-order valence-electron chi connectivity index (χ4n) is 3.63. The van der Waals surface area contributed by atoms with Crippen LogP contribution in [-0.2, 0) is 11.4 Å². The Hall–Kier alpha value is -4.85. The van der Waals surface area contributed by atoms with E-state index in [-0.39, 0.29) is 11.7 Å². The molecular formula is C29H26N2O6. The quantitative estimate of drug-likeness (QED) is 0.149. The Balaban J connectivity index is 1.36. The molecule has 0 atom stereocenters. The van der Waals surface area contributed by atoms with Gasteiger partial charge < -0.3 is 18.9 Å². The van der Waals surface area contributed by atoms with Crippen molar-refractivity contribution in [2.75, 3.05) is 14.2 Å². The molecule has 0 aliphatic rings. The van der Waals surface area contributed by atoms with Gasteiger partial charge in [0.25, 0.3) is 5.91 Å². The standard InChI is InChI=1S/C29H26N2O6/c1-19(32)37-28-26(34-2)14-21(15-27(28)35-3)17-30-31-29(33)23-10-8-20(9-11-23)18-36-25-13-12-22-6-4-5-7-24(22)16-25/h4-17H,18H2,1-3H3,(H,31,33)/b30-17+. The van der Waals surface area contributed by atoms with Crippen LogP contribution in [0.2, 0.25) is 0 Å². The predicted octanol–water partition coefficient (Wildman–Crippen LogP) is 5.13. The lowest BCUT2D eigenvalue weighted by atomic mass is 10.1. The number of carbonyl (C=O) groups excluding carboxylic acids is 2. The molecule has 1 N–H and O–H groups in total. The van der Waals surface area contributed by atoms with Crippen LogP contribution in [0.15, 0.2) is 84.0 Å². The van der Waals surface area contributed by atoms with Crippen molar-refractivity contribution in [2.24, 2.45) is 5.10 Å². The summed E-state index contributed by atoms with van der Waals surface area (Å²) >= 11 is 0. The Labute approximate surface area is 214 Å². The molecule has 0 saturated heterocycles. The Kier molecular flexibility index (Phi) is 8.00. The summed E-state index contributed by atoms with van der Waals surface area (Å²) in [7, 11) is 2.89. The molecule has 0 bridgehead atoms. The highest BCUT2D eigenvalue weighted by molar-refractivity contribution is 5.95. The van der Waals surface area contributed by atoms with Gasteiger partial charge in [-0.2, -0.15) is 5.10 Å². The minimum atomic E-state index is -0.503. The van der Waals surface area contributed by atoms with E-state index in [4.69, 9.17) is 18.9 Å². The van der Waals surface area contributed by atoms with Crippen LogP contribution < -0.4 is 24.4 Å². The minimum Gasteiger partial charge on any atom is -0.493 e. The van der Waals surface area contributed by atoms with E-state index in [9.17, 15) is 9.59 Å². The number of hydrogen-bond donors (Lipinski definition) is 1. The van der Waals surface area contributed by atoms with Crippen LogP contribution in [0.5, 0.6) is 23.0 Å². The fraction of sp³-hybridized carbons (Fsp3) is 0.138. The summed E-state index contributed by atoms with van der Waals surface area (Å²) in [5, 5.41) is 6.29. The first-order valence-electron chi connectivity index (χ1n) is 11.4. The van der Waals surface area contributed by atoms with Crippen LogP contribution in [0.25, 0.3) is 10.8 Å². The second-order valence-electron chi connectivity index (χ2n) is 8.04. The van der Waals surface area contributed by atoms with Crippen molar-refractivity contribution in [3.05, 3.63) is 95.6 Å². The van der Waals surface area contributed by atoms with E-state index in [1.165, 1.54) is 27.4 Å². The Bertz CT molecular complexity index is 1420. The molecule has 8 nitrogen and oxygen atoms in total. The number of benzene rings is 4. The van der Waals surface area contributed by atoms with Crippen molar-refractivity contribution in [1.29, 1.82) is 0 Å². The third-order valence-electron chi connectivity index (χ3n) is 5.45. The van der Waals surface area contributed by atoms with Crippen molar-refractivity contribution in [3.63, 3.8) is 0 Å². The lowest BCUT2D eigenvalue weighted by Crippen LogP contribution is -2.17. The van der Waals surface area contributed by atoms with Gasteiger partial charge in [-0.3, -0.25) is 9.59 Å². The first-order chi connectivity index (χ1) is 18.0. The second kappa shape index (κ2) is 11.7. The molecule has 0 aromatic heterocycles. The van der Waals surface area contributed by atoms with Crippen LogP contribution >= 0.6 is 0 Å². The minimum absolute atomic E-state index is 0.170. The van der Waals surface area contributed by atoms with Crippen molar-refractivity contribution >= 4 is 28.9 Å². The molecule has 4 aromatic carbocycles. The number of amides is 1. The molecule has 0 aliphatic heterocycles. The maximum absolute atomic E-state index is 12.5. The third-order valence-corrected chi connectivity index (χ3v) is 5.45. The summed E-state index contributed by atoms with van der Waals surface area (Å²) in [5.74, 6) is 0.672. The first kappa shape index (κ1) is 25.2. The molecule has 4 rings (SSSR count). The molecule has 4 aromatic rings. The van der Waals surface area contributed by atoms with Gasteiger partial charge >= 0.3 is 5.97 Å². The first-order valence-corrected chi connectivity index (χ1v) is 11.4. The van der Waals surface area contributed by atoms with E-state index in [0.29, 0.717) is 29.2 Å². The fourth-order valence-corrected chi connectivity index (χ4v) is 3.63. The number of methoxy groups -OCH3 is 2. The largest absolute Gasteiger partial charge is 0.493 e. The number of hydrazone groups is 1. The zero-order valence-electron chi connectivity index (χ0n) is 20.7. The van der Waals surface area contributed by atoms with Crippen molar-refractivity contribution < 1.29 is 28.5 Å². The monoisotopic (exact) mass is 498 g/mol. The number of nitrogens with zero attached hydrogens (tertiary/aromatic N) is 1. The SMILES string of the molecule is COc1cc(/C=N/NC(=O)c2ccc(COc3ccc4ccccc4c3)cc2)cc(OC)c1OC(C)=O. The highest BCUT2D eigenvalue weighted by Gasteiger charge is 2.15. The molecule has 0 saturated carbocycles. The lowest BCUT2D eigenvalue weighted by molar-refractivity contribution is -0.132. The van der Waals surface area contributed by atoms with Crippen LogP contribution in [0, 0.1) is 0 Å². The topological polar surface area (TPSA) is 95.5 Å². The van der Waals surface area contributed by atoms with Crippen molar-refractivity contribution in [3.8, 4) is 23.0 Å². The number of rotatable bonds is 9. The number of fused-ring (bicyclic) bond motifs is 1. The predicted molar refractivity (Wildman–Crippen MR) is 141 cm³/mol. The van der Waals surface area contributed by atoms with Gasteiger partial charge in [0.05, 0.1) is 20.4 Å². The average molecular weight is 499 g/mol. The molecule has 188 valence electrons. The highest BCUT2D eigenvalue weighted by atomic mass is 16.6. The third kappa shape index (κ3) is 6.43. The normalized spacial score (nSPS) is 10.8. The van der Waals surface area contributed by atoms with Gasteiger partial charge in [-0.15, -0.1) is 0 Å². The summed E-state index contributed by atoms with van der Waals surface area (Å²) in [4.78, 5) is 23.9. The molecule has 0 radical (unpaired) electrons. The van der Waals surface area contributed by atoms with Crippen LogP contribution in [0.3, 0.4) is 0 Å². The zero-order valence-corrected chi connectivity index (χ0v) is 20.7. The highest BCUT2D eigenvalue weighted by Crippen LogP contribution is 2.38. The molecular weight excluding hydrogens is 472 g/mol. The van der Waals surface area contributed by atoms with E-state index in [0.717, 1.165) is 22.1 Å². The number of esters is 1. The average Bonchev–Trinajstić information content (AvgIpc) is 2.92.